The van der Waals surface area contributed by atoms with Crippen molar-refractivity contribution >= 4 is 44.6 Å². The summed E-state index contributed by atoms with van der Waals surface area (Å²) < 4.78 is 40.5. The van der Waals surface area contributed by atoms with Gasteiger partial charge in [0.25, 0.3) is 5.69 Å². The van der Waals surface area contributed by atoms with Gasteiger partial charge < -0.3 is 4.90 Å². The third-order valence-corrected chi connectivity index (χ3v) is 7.09. The van der Waals surface area contributed by atoms with Crippen molar-refractivity contribution in [3.05, 3.63) is 62.4 Å². The Morgan fingerprint density at radius 1 is 1.04 bits per heavy atom. The SMILES string of the molecule is O=[N+]([O-])c1ccc(F)cc1N1CCN(S(=O)(=O)c2c(Cl)cccc2Cl)CC1. The first-order valence-electron chi connectivity index (χ1n) is 7.85. The third kappa shape index (κ3) is 3.86. The Morgan fingerprint density at radius 2 is 1.63 bits per heavy atom. The van der Waals surface area contributed by atoms with Crippen molar-refractivity contribution in [1.29, 1.82) is 0 Å². The molecule has 2 aromatic carbocycles. The van der Waals surface area contributed by atoms with E-state index in [1.807, 2.05) is 0 Å². The van der Waals surface area contributed by atoms with Crippen LogP contribution >= 0.6 is 23.2 Å². The van der Waals surface area contributed by atoms with Crippen molar-refractivity contribution in [2.75, 3.05) is 31.1 Å². The number of benzene rings is 2. The summed E-state index contributed by atoms with van der Waals surface area (Å²) in [6, 6.07) is 7.61. The first-order chi connectivity index (χ1) is 12.7. The molecule has 11 heteroatoms. The molecule has 1 aliphatic rings. The standard InChI is InChI=1S/C16H14Cl2FN3O4S/c17-12-2-1-3-13(18)16(12)27(25,26)21-8-6-20(7-9-21)15-10-11(19)4-5-14(15)22(23)24/h1-5,10H,6-9H2. The van der Waals surface area contributed by atoms with Crippen molar-refractivity contribution in [2.24, 2.45) is 0 Å². The second-order valence-electron chi connectivity index (χ2n) is 5.83. The van der Waals surface area contributed by atoms with Crippen LogP contribution in [0.25, 0.3) is 0 Å². The first-order valence-corrected chi connectivity index (χ1v) is 10.0. The van der Waals surface area contributed by atoms with E-state index >= 15 is 0 Å². The molecular formula is C16H14Cl2FN3O4S. The van der Waals surface area contributed by atoms with Gasteiger partial charge in [-0.3, -0.25) is 10.1 Å². The number of anilines is 1. The number of nitrogens with zero attached hydrogens (tertiary/aromatic N) is 3. The van der Waals surface area contributed by atoms with Gasteiger partial charge in [-0.1, -0.05) is 29.3 Å². The Hall–Kier alpha value is -1.94. The van der Waals surface area contributed by atoms with E-state index in [2.05, 4.69) is 0 Å². The summed E-state index contributed by atoms with van der Waals surface area (Å²) >= 11 is 12.0. The van der Waals surface area contributed by atoms with Crippen molar-refractivity contribution < 1.29 is 17.7 Å². The summed E-state index contributed by atoms with van der Waals surface area (Å²) in [7, 11) is -3.93. The molecule has 3 rings (SSSR count). The summed E-state index contributed by atoms with van der Waals surface area (Å²) in [4.78, 5) is 12.0. The van der Waals surface area contributed by atoms with Crippen molar-refractivity contribution in [1.82, 2.24) is 4.31 Å². The second-order valence-corrected chi connectivity index (χ2v) is 8.52. The lowest BCUT2D eigenvalue weighted by atomic mass is 10.2. The van der Waals surface area contributed by atoms with E-state index in [9.17, 15) is 22.9 Å². The van der Waals surface area contributed by atoms with E-state index in [-0.39, 0.29) is 52.5 Å². The zero-order valence-corrected chi connectivity index (χ0v) is 16.1. The van der Waals surface area contributed by atoms with Gasteiger partial charge in [0.2, 0.25) is 10.0 Å². The van der Waals surface area contributed by atoms with E-state index in [0.717, 1.165) is 18.2 Å². The second kappa shape index (κ2) is 7.59. The van der Waals surface area contributed by atoms with E-state index in [1.165, 1.54) is 16.4 Å². The average molecular weight is 434 g/mol. The minimum atomic E-state index is -3.93. The van der Waals surface area contributed by atoms with Gasteiger partial charge in [-0.2, -0.15) is 4.31 Å². The van der Waals surface area contributed by atoms with Gasteiger partial charge in [0, 0.05) is 38.3 Å². The summed E-state index contributed by atoms with van der Waals surface area (Å²) in [6.45, 7) is 0.423. The van der Waals surface area contributed by atoms with Crippen LogP contribution in [0.5, 0.6) is 0 Å². The smallest absolute Gasteiger partial charge is 0.292 e. The van der Waals surface area contributed by atoms with Crippen LogP contribution < -0.4 is 4.90 Å². The van der Waals surface area contributed by atoms with Crippen molar-refractivity contribution in [2.45, 2.75) is 4.90 Å². The number of halogens is 3. The Morgan fingerprint density at radius 3 is 2.19 bits per heavy atom. The molecule has 7 nitrogen and oxygen atoms in total. The predicted octanol–water partition coefficient (Wildman–Crippen LogP) is 3.55. The minimum Gasteiger partial charge on any atom is -0.363 e. The van der Waals surface area contributed by atoms with E-state index in [0.29, 0.717) is 0 Å². The van der Waals surface area contributed by atoms with Crippen LogP contribution in [0.2, 0.25) is 10.0 Å². The lowest BCUT2D eigenvalue weighted by Gasteiger charge is -2.35. The number of nitro groups is 1. The highest BCUT2D eigenvalue weighted by Gasteiger charge is 2.33. The van der Waals surface area contributed by atoms with Crippen LogP contribution in [0.3, 0.4) is 0 Å². The number of piperazine rings is 1. The zero-order valence-electron chi connectivity index (χ0n) is 13.8. The Kier molecular flexibility index (Phi) is 5.57. The fourth-order valence-corrected chi connectivity index (χ4v) is 5.45. The van der Waals surface area contributed by atoms with Gasteiger partial charge in [-0.15, -0.1) is 0 Å². The fraction of sp³-hybridized carbons (Fsp3) is 0.250. The largest absolute Gasteiger partial charge is 0.363 e. The molecule has 0 aliphatic carbocycles. The molecule has 0 bridgehead atoms. The lowest BCUT2D eigenvalue weighted by Crippen LogP contribution is -2.49. The number of hydrogen-bond acceptors (Lipinski definition) is 5. The van der Waals surface area contributed by atoms with Gasteiger partial charge in [-0.25, -0.2) is 12.8 Å². The van der Waals surface area contributed by atoms with E-state index in [4.69, 9.17) is 23.2 Å². The molecule has 0 aromatic heterocycles. The zero-order chi connectivity index (χ0) is 19.8. The quantitative estimate of drug-likeness (QED) is 0.543. The molecule has 0 N–H and O–H groups in total. The maximum Gasteiger partial charge on any atom is 0.292 e. The number of sulfonamides is 1. The highest BCUT2D eigenvalue weighted by atomic mass is 35.5. The predicted molar refractivity (Wildman–Crippen MR) is 100 cm³/mol. The van der Waals surface area contributed by atoms with Crippen LogP contribution in [-0.2, 0) is 10.0 Å². The summed E-state index contributed by atoms with van der Waals surface area (Å²) in [5.41, 5.74) is -0.116. The van der Waals surface area contributed by atoms with E-state index in [1.54, 1.807) is 11.0 Å². The normalized spacial score (nSPS) is 15.7. The maximum atomic E-state index is 13.6. The molecule has 0 spiro atoms. The molecule has 0 radical (unpaired) electrons. The van der Waals surface area contributed by atoms with Gasteiger partial charge in [-0.05, 0) is 18.2 Å². The molecule has 0 atom stereocenters. The molecule has 1 fully saturated rings. The van der Waals surface area contributed by atoms with Crippen LogP contribution in [0.15, 0.2) is 41.3 Å². The van der Waals surface area contributed by atoms with Crippen LogP contribution in [0.4, 0.5) is 15.8 Å². The number of rotatable bonds is 4. The molecule has 1 heterocycles. The third-order valence-electron chi connectivity index (χ3n) is 4.23. The van der Waals surface area contributed by atoms with Gasteiger partial charge in [0.15, 0.2) is 0 Å². The Labute approximate surface area is 165 Å². The molecule has 1 saturated heterocycles. The van der Waals surface area contributed by atoms with Gasteiger partial charge >= 0.3 is 0 Å². The highest BCUT2D eigenvalue weighted by Crippen LogP contribution is 2.34. The molecular weight excluding hydrogens is 420 g/mol. The van der Waals surface area contributed by atoms with Crippen molar-refractivity contribution in [3.63, 3.8) is 0 Å². The highest BCUT2D eigenvalue weighted by molar-refractivity contribution is 7.89. The molecule has 2 aromatic rings. The topological polar surface area (TPSA) is 83.8 Å². The molecule has 144 valence electrons. The van der Waals surface area contributed by atoms with Crippen LogP contribution in [0.1, 0.15) is 0 Å². The summed E-state index contributed by atoms with van der Waals surface area (Å²) in [5.74, 6) is -0.603. The van der Waals surface area contributed by atoms with E-state index < -0.39 is 20.8 Å². The number of nitro benzene ring substituents is 1. The van der Waals surface area contributed by atoms with Crippen molar-refractivity contribution in [3.8, 4) is 0 Å². The Bertz CT molecular complexity index is 975. The fourth-order valence-electron chi connectivity index (χ4n) is 2.93. The molecule has 1 aliphatic heterocycles. The summed E-state index contributed by atoms with van der Waals surface area (Å²) in [5, 5.41) is 11.2. The minimum absolute atomic E-state index is 0.0192. The molecule has 0 amide bonds. The molecule has 0 unspecified atom stereocenters. The van der Waals surface area contributed by atoms with Gasteiger partial charge in [0.05, 0.1) is 15.0 Å². The maximum absolute atomic E-state index is 13.6. The van der Waals surface area contributed by atoms with Gasteiger partial charge in [0.1, 0.15) is 16.4 Å². The number of hydrogen-bond donors (Lipinski definition) is 0. The Balaban J connectivity index is 1.84. The average Bonchev–Trinajstić information content (AvgIpc) is 2.61. The van der Waals surface area contributed by atoms with Crippen LogP contribution in [0, 0.1) is 15.9 Å². The van der Waals surface area contributed by atoms with Crippen LogP contribution in [-0.4, -0.2) is 43.8 Å². The first kappa shape index (κ1) is 19.8. The monoisotopic (exact) mass is 433 g/mol. The molecule has 0 saturated carbocycles. The lowest BCUT2D eigenvalue weighted by molar-refractivity contribution is -0.384. The molecule has 27 heavy (non-hydrogen) atoms. The summed E-state index contributed by atoms with van der Waals surface area (Å²) in [6.07, 6.45) is 0.